The molecule has 1 heterocycles. The molecule has 0 saturated heterocycles. The smallest absolute Gasteiger partial charge is 0.0803 e. The van der Waals surface area contributed by atoms with Crippen LogP contribution in [-0.4, -0.2) is 32.9 Å². The first kappa shape index (κ1) is 15.3. The van der Waals surface area contributed by atoms with Crippen LogP contribution in [0, 0.1) is 0 Å². The highest BCUT2D eigenvalue weighted by Crippen LogP contribution is 2.31. The highest BCUT2D eigenvalue weighted by Gasteiger charge is 2.27. The molecular weight excluding hydrogens is 290 g/mol. The van der Waals surface area contributed by atoms with Crippen molar-refractivity contribution in [2.45, 2.75) is 31.0 Å². The van der Waals surface area contributed by atoms with E-state index in [2.05, 4.69) is 56.0 Å². The van der Waals surface area contributed by atoms with Gasteiger partial charge in [0.05, 0.1) is 5.37 Å². The fourth-order valence-corrected chi connectivity index (χ4v) is 5.83. The van der Waals surface area contributed by atoms with E-state index in [1.807, 2.05) is 23.6 Å². The second-order valence-electron chi connectivity index (χ2n) is 5.70. The first-order valence-electron chi connectivity index (χ1n) is 7.91. The maximum Gasteiger partial charge on any atom is 0.0803 e. The van der Waals surface area contributed by atoms with E-state index in [0.717, 1.165) is 28.9 Å². The van der Waals surface area contributed by atoms with Crippen LogP contribution in [-0.2, 0) is 9.52 Å². The molecule has 0 amide bonds. The second-order valence-corrected chi connectivity index (χ2v) is 8.39. The van der Waals surface area contributed by atoms with Crippen molar-refractivity contribution in [3.8, 4) is 0 Å². The zero-order chi connectivity index (χ0) is 15.7. The lowest BCUT2D eigenvalue weighted by atomic mass is 10.1. The summed E-state index contributed by atoms with van der Waals surface area (Å²) in [6.07, 6.45) is 4.03. The van der Waals surface area contributed by atoms with Crippen LogP contribution in [0.4, 0.5) is 0 Å². The molecule has 0 radical (unpaired) electrons. The average Bonchev–Trinajstić information content (AvgIpc) is 2.54. The van der Waals surface area contributed by atoms with Crippen molar-refractivity contribution in [2.24, 2.45) is 0 Å². The molecule has 2 aromatic carbocycles. The minimum Gasteiger partial charge on any atom is -0.290 e. The van der Waals surface area contributed by atoms with Crippen LogP contribution in [0.5, 0.6) is 0 Å². The molecule has 0 bridgehead atoms. The molecule has 0 aliphatic carbocycles. The molecule has 0 aromatic heterocycles. The molecule has 0 saturated carbocycles. The topological polar surface area (TPSA) is 20.3 Å². The third-order valence-corrected chi connectivity index (χ3v) is 7.53. The molecule has 2 aromatic rings. The highest BCUT2D eigenvalue weighted by molar-refractivity contribution is 8.02. The summed E-state index contributed by atoms with van der Waals surface area (Å²) < 4.78 is 13.8. The van der Waals surface area contributed by atoms with Crippen LogP contribution >= 0.6 is 0 Å². The molecule has 116 valence electrons. The maximum absolute atomic E-state index is 13.8. The van der Waals surface area contributed by atoms with Gasteiger partial charge in [0.1, 0.15) is 0 Å². The molecule has 0 N–H and O–H groups in total. The first-order chi connectivity index (χ1) is 10.6. The number of hydrogen-bond donors (Lipinski definition) is 0. The van der Waals surface area contributed by atoms with Crippen LogP contribution < -0.4 is 0 Å². The lowest BCUT2D eigenvalue weighted by Gasteiger charge is -2.31. The third-order valence-electron chi connectivity index (χ3n) is 4.61. The van der Waals surface area contributed by atoms with Gasteiger partial charge < -0.3 is 0 Å². The first-order valence-corrected chi connectivity index (χ1v) is 9.60. The fraction of sp³-hybridized carbons (Fsp3) is 0.316. The summed E-state index contributed by atoms with van der Waals surface area (Å²) in [5.41, 5.74) is 1.09. The minimum absolute atomic E-state index is 0.00682. The zero-order valence-electron chi connectivity index (χ0n) is 13.5. The number of hydrogen-bond acceptors (Lipinski definition) is 2. The van der Waals surface area contributed by atoms with Crippen LogP contribution in [0.3, 0.4) is 0 Å². The van der Waals surface area contributed by atoms with Gasteiger partial charge in [-0.25, -0.2) is 0 Å². The van der Waals surface area contributed by atoms with Crippen molar-refractivity contribution in [1.29, 1.82) is 0 Å². The molecule has 3 rings (SSSR count). The Morgan fingerprint density at radius 2 is 1.73 bits per heavy atom. The normalized spacial score (nSPS) is 21.6. The predicted octanol–water partition coefficient (Wildman–Crippen LogP) is 4.00. The van der Waals surface area contributed by atoms with E-state index in [4.69, 9.17) is 0 Å². The molecule has 2 atom stereocenters. The number of fused-ring (bicyclic) bond motifs is 2. The Morgan fingerprint density at radius 3 is 2.36 bits per heavy atom. The molecule has 1 aliphatic rings. The van der Waals surface area contributed by atoms with E-state index in [1.54, 1.807) is 0 Å². The maximum atomic E-state index is 13.8. The van der Waals surface area contributed by atoms with E-state index in [9.17, 15) is 4.21 Å². The lowest BCUT2D eigenvalue weighted by molar-refractivity contribution is 0.291. The van der Waals surface area contributed by atoms with Crippen molar-refractivity contribution in [2.75, 3.05) is 13.1 Å². The van der Waals surface area contributed by atoms with Gasteiger partial charge in [-0.15, -0.1) is 0 Å². The van der Waals surface area contributed by atoms with Gasteiger partial charge in [0.25, 0.3) is 0 Å². The number of benzene rings is 2. The SMILES string of the molecule is CCN(CC)C(C)S1(=O)=CC=Cc2cc3ccccc3cc21. The average molecular weight is 313 g/mol. The van der Waals surface area contributed by atoms with Crippen LogP contribution in [0.1, 0.15) is 26.3 Å². The summed E-state index contributed by atoms with van der Waals surface area (Å²) in [5, 5.41) is 4.27. The molecular formula is C19H23NOS. The van der Waals surface area contributed by atoms with Gasteiger partial charge in [-0.2, -0.15) is 0 Å². The Balaban J connectivity index is 2.21. The van der Waals surface area contributed by atoms with Gasteiger partial charge in [0.15, 0.2) is 0 Å². The summed E-state index contributed by atoms with van der Waals surface area (Å²) in [5.74, 6) is 0. The molecule has 2 unspecified atom stereocenters. The third kappa shape index (κ3) is 2.38. The van der Waals surface area contributed by atoms with Crippen molar-refractivity contribution in [1.82, 2.24) is 4.90 Å². The standard InChI is InChI=1S/C19H23NOS/c1-4-20(5-2)15(3)22(21)12-8-11-18-13-16-9-6-7-10-17(16)14-19(18)22/h6-15H,4-5H2,1-3H3. The zero-order valence-corrected chi connectivity index (χ0v) is 14.3. The Kier molecular flexibility index (Phi) is 4.11. The Labute approximate surface area is 133 Å². The molecule has 22 heavy (non-hydrogen) atoms. The lowest BCUT2D eigenvalue weighted by Crippen LogP contribution is -2.40. The minimum atomic E-state index is -2.23. The summed E-state index contributed by atoms with van der Waals surface area (Å²) in [6.45, 7) is 8.17. The summed E-state index contributed by atoms with van der Waals surface area (Å²) in [6, 6.07) is 12.6. The van der Waals surface area contributed by atoms with Crippen LogP contribution in [0.15, 0.2) is 47.4 Å². The summed E-state index contributed by atoms with van der Waals surface area (Å²) in [7, 11) is -2.23. The second kappa shape index (κ2) is 5.90. The molecule has 1 aliphatic heterocycles. The molecule has 2 nitrogen and oxygen atoms in total. The largest absolute Gasteiger partial charge is 0.290 e. The van der Waals surface area contributed by atoms with Crippen molar-refractivity contribution >= 4 is 31.7 Å². The predicted molar refractivity (Wildman–Crippen MR) is 97.8 cm³/mol. The molecule has 0 fully saturated rings. The number of nitrogens with zero attached hydrogens (tertiary/aromatic N) is 1. The van der Waals surface area contributed by atoms with E-state index in [-0.39, 0.29) is 5.37 Å². The van der Waals surface area contributed by atoms with Crippen molar-refractivity contribution < 1.29 is 4.21 Å². The fourth-order valence-electron chi connectivity index (χ4n) is 3.23. The molecule has 0 spiro atoms. The van der Waals surface area contributed by atoms with Crippen molar-refractivity contribution in [3.63, 3.8) is 0 Å². The quantitative estimate of drug-likeness (QED) is 0.795. The van der Waals surface area contributed by atoms with E-state index >= 15 is 0 Å². The molecule has 3 heteroatoms. The monoisotopic (exact) mass is 313 g/mol. The highest BCUT2D eigenvalue weighted by atomic mass is 32.2. The number of allylic oxidation sites excluding steroid dienone is 1. The Bertz CT molecular complexity index is 840. The van der Waals surface area contributed by atoms with Crippen LogP contribution in [0.25, 0.3) is 16.8 Å². The Morgan fingerprint density at radius 1 is 1.09 bits per heavy atom. The van der Waals surface area contributed by atoms with Crippen LogP contribution in [0.2, 0.25) is 0 Å². The van der Waals surface area contributed by atoms with Gasteiger partial charge in [-0.1, -0.05) is 50.3 Å². The van der Waals surface area contributed by atoms with Gasteiger partial charge in [0.2, 0.25) is 0 Å². The Hall–Kier alpha value is -1.58. The van der Waals surface area contributed by atoms with Crippen molar-refractivity contribution in [3.05, 3.63) is 48.0 Å². The van der Waals surface area contributed by atoms with E-state index in [0.29, 0.717) is 0 Å². The van der Waals surface area contributed by atoms with Gasteiger partial charge in [0, 0.05) is 14.4 Å². The summed E-state index contributed by atoms with van der Waals surface area (Å²) >= 11 is 0. The summed E-state index contributed by atoms with van der Waals surface area (Å²) in [4.78, 5) is 3.25. The van der Waals surface area contributed by atoms with Gasteiger partial charge in [-0.05, 0) is 53.8 Å². The van der Waals surface area contributed by atoms with Gasteiger partial charge in [-0.3, -0.25) is 9.11 Å². The number of rotatable bonds is 4. The van der Waals surface area contributed by atoms with E-state index < -0.39 is 9.52 Å². The van der Waals surface area contributed by atoms with Gasteiger partial charge >= 0.3 is 0 Å². The van der Waals surface area contributed by atoms with E-state index in [1.165, 1.54) is 5.39 Å².